The molecule has 2 rings (SSSR count). The van der Waals surface area contributed by atoms with Crippen molar-refractivity contribution in [3.8, 4) is 0 Å². The molecule has 2 saturated heterocycles. The SMILES string of the molecule is O=C1OC2(CCOC2)CN1CCCO. The minimum absolute atomic E-state index is 0.104. The lowest BCUT2D eigenvalue weighted by atomic mass is 10.0. The van der Waals surface area contributed by atoms with E-state index in [9.17, 15) is 4.79 Å². The van der Waals surface area contributed by atoms with E-state index in [1.54, 1.807) is 4.90 Å². The van der Waals surface area contributed by atoms with Crippen molar-refractivity contribution in [2.75, 3.05) is 32.9 Å². The van der Waals surface area contributed by atoms with Crippen molar-refractivity contribution in [3.63, 3.8) is 0 Å². The van der Waals surface area contributed by atoms with Gasteiger partial charge in [0, 0.05) is 19.6 Å². The third-order valence-corrected chi connectivity index (χ3v) is 2.69. The van der Waals surface area contributed by atoms with Crippen LogP contribution in [-0.2, 0) is 9.47 Å². The predicted molar refractivity (Wildman–Crippen MR) is 47.9 cm³/mol. The van der Waals surface area contributed by atoms with E-state index in [4.69, 9.17) is 14.6 Å². The molecule has 5 nitrogen and oxygen atoms in total. The largest absolute Gasteiger partial charge is 0.438 e. The Balaban J connectivity index is 1.92. The van der Waals surface area contributed by atoms with E-state index in [0.717, 1.165) is 6.42 Å². The zero-order valence-electron chi connectivity index (χ0n) is 8.07. The first-order valence-corrected chi connectivity index (χ1v) is 4.92. The highest BCUT2D eigenvalue weighted by atomic mass is 16.6. The van der Waals surface area contributed by atoms with E-state index in [1.165, 1.54) is 0 Å². The highest BCUT2D eigenvalue weighted by Crippen LogP contribution is 2.30. The van der Waals surface area contributed by atoms with Gasteiger partial charge >= 0.3 is 6.09 Å². The number of aliphatic hydroxyl groups excluding tert-OH is 1. The van der Waals surface area contributed by atoms with Crippen LogP contribution in [0.2, 0.25) is 0 Å². The van der Waals surface area contributed by atoms with Crippen molar-refractivity contribution < 1.29 is 19.4 Å². The molecular formula is C9H15NO4. The average Bonchev–Trinajstić information content (AvgIpc) is 2.72. The number of nitrogens with zero attached hydrogens (tertiary/aromatic N) is 1. The van der Waals surface area contributed by atoms with Gasteiger partial charge in [0.1, 0.15) is 0 Å². The van der Waals surface area contributed by atoms with E-state index in [0.29, 0.717) is 32.7 Å². The summed E-state index contributed by atoms with van der Waals surface area (Å²) in [6.45, 7) is 2.45. The molecule has 1 unspecified atom stereocenters. The van der Waals surface area contributed by atoms with E-state index >= 15 is 0 Å². The molecule has 0 bridgehead atoms. The summed E-state index contributed by atoms with van der Waals surface area (Å²) < 4.78 is 10.5. The van der Waals surface area contributed by atoms with Crippen LogP contribution in [0, 0.1) is 0 Å². The number of carbonyl (C=O) groups excluding carboxylic acids is 1. The minimum Gasteiger partial charge on any atom is -0.438 e. The second-order valence-electron chi connectivity index (χ2n) is 3.85. The van der Waals surface area contributed by atoms with Crippen molar-refractivity contribution in [3.05, 3.63) is 0 Å². The molecule has 80 valence electrons. The fourth-order valence-electron chi connectivity index (χ4n) is 1.92. The number of aliphatic hydroxyl groups is 1. The third kappa shape index (κ3) is 1.69. The van der Waals surface area contributed by atoms with E-state index in [1.807, 2.05) is 0 Å². The molecule has 0 radical (unpaired) electrons. The number of carbonyl (C=O) groups is 1. The summed E-state index contributed by atoms with van der Waals surface area (Å²) in [7, 11) is 0. The molecule has 2 fully saturated rings. The highest BCUT2D eigenvalue weighted by Gasteiger charge is 2.47. The fraction of sp³-hybridized carbons (Fsp3) is 0.889. The molecule has 1 spiro atoms. The topological polar surface area (TPSA) is 59.0 Å². The number of rotatable bonds is 3. The van der Waals surface area contributed by atoms with Gasteiger partial charge in [0.05, 0.1) is 19.8 Å². The maximum atomic E-state index is 11.4. The molecule has 0 saturated carbocycles. The lowest BCUT2D eigenvalue weighted by Crippen LogP contribution is -2.35. The Bertz CT molecular complexity index is 225. The van der Waals surface area contributed by atoms with E-state index < -0.39 is 5.60 Å². The molecule has 0 aromatic heterocycles. The predicted octanol–water partition coefficient (Wildman–Crippen LogP) is -0.0199. The second kappa shape index (κ2) is 3.74. The Labute approximate surface area is 82.6 Å². The summed E-state index contributed by atoms with van der Waals surface area (Å²) in [4.78, 5) is 13.1. The van der Waals surface area contributed by atoms with E-state index in [-0.39, 0.29) is 12.7 Å². The van der Waals surface area contributed by atoms with Crippen LogP contribution < -0.4 is 0 Å². The van der Waals surface area contributed by atoms with Crippen LogP contribution in [0.5, 0.6) is 0 Å². The Kier molecular flexibility index (Phi) is 2.60. The Morgan fingerprint density at radius 2 is 2.43 bits per heavy atom. The van der Waals surface area contributed by atoms with Crippen molar-refractivity contribution in [2.24, 2.45) is 0 Å². The van der Waals surface area contributed by atoms with Gasteiger partial charge in [-0.2, -0.15) is 0 Å². The zero-order valence-corrected chi connectivity index (χ0v) is 8.07. The van der Waals surface area contributed by atoms with Crippen molar-refractivity contribution in [2.45, 2.75) is 18.4 Å². The third-order valence-electron chi connectivity index (χ3n) is 2.69. The van der Waals surface area contributed by atoms with Gasteiger partial charge in [0.25, 0.3) is 0 Å². The first kappa shape index (κ1) is 9.73. The van der Waals surface area contributed by atoms with Crippen LogP contribution in [0.3, 0.4) is 0 Å². The molecule has 0 aromatic carbocycles. The first-order chi connectivity index (χ1) is 6.76. The van der Waals surface area contributed by atoms with Gasteiger partial charge in [0.2, 0.25) is 0 Å². The van der Waals surface area contributed by atoms with Crippen LogP contribution in [0.25, 0.3) is 0 Å². The van der Waals surface area contributed by atoms with Crippen LogP contribution in [-0.4, -0.2) is 54.6 Å². The molecule has 0 aromatic rings. The highest BCUT2D eigenvalue weighted by molar-refractivity contribution is 5.70. The van der Waals surface area contributed by atoms with Gasteiger partial charge in [-0.05, 0) is 6.42 Å². The number of hydrogen-bond acceptors (Lipinski definition) is 4. The van der Waals surface area contributed by atoms with Crippen LogP contribution in [0.1, 0.15) is 12.8 Å². The van der Waals surface area contributed by atoms with Gasteiger partial charge < -0.3 is 19.5 Å². The summed E-state index contributed by atoms with van der Waals surface area (Å²) >= 11 is 0. The van der Waals surface area contributed by atoms with Gasteiger partial charge in [-0.25, -0.2) is 4.79 Å². The summed E-state index contributed by atoms with van der Waals surface area (Å²) in [6, 6.07) is 0. The molecule has 14 heavy (non-hydrogen) atoms. The van der Waals surface area contributed by atoms with Gasteiger partial charge in [-0.15, -0.1) is 0 Å². The normalized spacial score (nSPS) is 31.5. The molecule has 1 atom stereocenters. The van der Waals surface area contributed by atoms with Gasteiger partial charge in [0.15, 0.2) is 5.60 Å². The van der Waals surface area contributed by atoms with Gasteiger partial charge in [-0.3, -0.25) is 0 Å². The quantitative estimate of drug-likeness (QED) is 0.697. The number of amides is 1. The van der Waals surface area contributed by atoms with Crippen LogP contribution in [0.4, 0.5) is 4.79 Å². The second-order valence-corrected chi connectivity index (χ2v) is 3.85. The minimum atomic E-state index is -0.396. The smallest absolute Gasteiger partial charge is 0.410 e. The Hall–Kier alpha value is -0.810. The van der Waals surface area contributed by atoms with Crippen molar-refractivity contribution >= 4 is 6.09 Å². The van der Waals surface area contributed by atoms with Crippen molar-refractivity contribution in [1.29, 1.82) is 0 Å². The Morgan fingerprint density at radius 1 is 1.57 bits per heavy atom. The average molecular weight is 201 g/mol. The molecular weight excluding hydrogens is 186 g/mol. The van der Waals surface area contributed by atoms with Crippen molar-refractivity contribution in [1.82, 2.24) is 4.90 Å². The molecule has 2 aliphatic heterocycles. The first-order valence-electron chi connectivity index (χ1n) is 4.92. The molecule has 2 aliphatic rings. The summed E-state index contributed by atoms with van der Waals surface area (Å²) in [6.07, 6.45) is 1.12. The zero-order chi connectivity index (χ0) is 10.0. The molecule has 1 amide bonds. The fourth-order valence-corrected chi connectivity index (χ4v) is 1.92. The maximum absolute atomic E-state index is 11.4. The maximum Gasteiger partial charge on any atom is 0.410 e. The van der Waals surface area contributed by atoms with Crippen LogP contribution >= 0.6 is 0 Å². The van der Waals surface area contributed by atoms with Gasteiger partial charge in [-0.1, -0.05) is 0 Å². The molecule has 5 heteroatoms. The number of hydrogen-bond donors (Lipinski definition) is 1. The lowest BCUT2D eigenvalue weighted by molar-refractivity contribution is 0.0435. The summed E-state index contributed by atoms with van der Waals surface area (Å²) in [5.41, 5.74) is -0.396. The molecule has 0 aliphatic carbocycles. The Morgan fingerprint density at radius 3 is 3.07 bits per heavy atom. The molecule has 2 heterocycles. The monoisotopic (exact) mass is 201 g/mol. The summed E-state index contributed by atoms with van der Waals surface area (Å²) in [5.74, 6) is 0. The number of ether oxygens (including phenoxy) is 2. The van der Waals surface area contributed by atoms with Crippen LogP contribution in [0.15, 0.2) is 0 Å². The summed E-state index contributed by atoms with van der Waals surface area (Å²) in [5, 5.41) is 8.67. The lowest BCUT2D eigenvalue weighted by Gasteiger charge is -2.17. The van der Waals surface area contributed by atoms with E-state index in [2.05, 4.69) is 0 Å². The molecule has 1 N–H and O–H groups in total. The standard InChI is InChI=1S/C9H15NO4/c11-4-1-3-10-6-9(14-8(10)12)2-5-13-7-9/h11H,1-7H2.